The Bertz CT molecular complexity index is 703. The van der Waals surface area contributed by atoms with Crippen molar-refractivity contribution in [2.45, 2.75) is 6.54 Å². The van der Waals surface area contributed by atoms with Crippen molar-refractivity contribution in [3.8, 4) is 5.75 Å². The highest BCUT2D eigenvalue weighted by molar-refractivity contribution is 9.10. The number of hydrogen-bond donors (Lipinski definition) is 1. The van der Waals surface area contributed by atoms with Crippen molar-refractivity contribution in [3.63, 3.8) is 0 Å². The smallest absolute Gasteiger partial charge is 0.255 e. The largest absolute Gasteiger partial charge is 0.497 e. The van der Waals surface area contributed by atoms with Crippen LogP contribution >= 0.6 is 15.9 Å². The molecular weight excluding hydrogens is 344 g/mol. The number of anilines is 1. The molecule has 5 heteroatoms. The number of carbonyl (C=O) groups excluding carboxylic acids is 1. The lowest BCUT2D eigenvalue weighted by Crippen LogP contribution is -2.32. The minimum absolute atomic E-state index is 0.00396. The zero-order valence-electron chi connectivity index (χ0n) is 12.3. The Balaban J connectivity index is 1.89. The van der Waals surface area contributed by atoms with Gasteiger partial charge in [-0.1, -0.05) is 18.2 Å². The first-order chi connectivity index (χ1) is 10.7. The normalized spacial score (nSPS) is 13.8. The maximum absolute atomic E-state index is 12.9. The van der Waals surface area contributed by atoms with E-state index in [2.05, 4.69) is 27.3 Å². The fraction of sp³-hybridized carbons (Fsp3) is 0.235. The monoisotopic (exact) mass is 360 g/mol. The summed E-state index contributed by atoms with van der Waals surface area (Å²) in [6.45, 7) is 2.01. The molecule has 0 saturated heterocycles. The predicted octanol–water partition coefficient (Wildman–Crippen LogP) is 3.53. The summed E-state index contributed by atoms with van der Waals surface area (Å²) >= 11 is 3.46. The summed E-state index contributed by atoms with van der Waals surface area (Å²) in [6.07, 6.45) is 0. The number of nitrogens with zero attached hydrogens (tertiary/aromatic N) is 1. The highest BCUT2D eigenvalue weighted by atomic mass is 79.9. The van der Waals surface area contributed by atoms with E-state index >= 15 is 0 Å². The Kier molecular flexibility index (Phi) is 4.34. The van der Waals surface area contributed by atoms with Gasteiger partial charge in [0.15, 0.2) is 0 Å². The van der Waals surface area contributed by atoms with Gasteiger partial charge in [-0.3, -0.25) is 4.79 Å². The second-order valence-electron chi connectivity index (χ2n) is 5.16. The molecule has 2 aromatic carbocycles. The average molecular weight is 361 g/mol. The quantitative estimate of drug-likeness (QED) is 0.890. The molecule has 114 valence electrons. The molecule has 1 heterocycles. The zero-order chi connectivity index (χ0) is 15.5. The van der Waals surface area contributed by atoms with Crippen LogP contribution in [0.15, 0.2) is 46.9 Å². The van der Waals surface area contributed by atoms with E-state index in [1.165, 1.54) is 0 Å². The van der Waals surface area contributed by atoms with E-state index in [0.717, 1.165) is 22.3 Å². The van der Waals surface area contributed by atoms with Crippen LogP contribution in [0.3, 0.4) is 0 Å². The molecule has 0 aliphatic carbocycles. The van der Waals surface area contributed by atoms with Crippen LogP contribution in [0.4, 0.5) is 5.69 Å². The van der Waals surface area contributed by atoms with Gasteiger partial charge in [-0.05, 0) is 45.8 Å². The standard InChI is InChI=1S/C17H17BrN2O2/c1-22-13-6-7-15(18)14(10-13)17(21)20-9-8-19-16-5-3-2-4-12(16)11-20/h2-7,10,19H,8-9,11H2,1H3. The molecule has 4 nitrogen and oxygen atoms in total. The summed E-state index contributed by atoms with van der Waals surface area (Å²) in [5, 5.41) is 3.37. The summed E-state index contributed by atoms with van der Waals surface area (Å²) < 4.78 is 6.01. The zero-order valence-corrected chi connectivity index (χ0v) is 13.9. The van der Waals surface area contributed by atoms with Crippen LogP contribution in [0.2, 0.25) is 0 Å². The van der Waals surface area contributed by atoms with Gasteiger partial charge in [0.2, 0.25) is 0 Å². The minimum Gasteiger partial charge on any atom is -0.497 e. The number of rotatable bonds is 2. The third-order valence-electron chi connectivity index (χ3n) is 3.77. The van der Waals surface area contributed by atoms with Crippen molar-refractivity contribution in [2.24, 2.45) is 0 Å². The number of amides is 1. The maximum Gasteiger partial charge on any atom is 0.255 e. The van der Waals surface area contributed by atoms with Gasteiger partial charge < -0.3 is 15.0 Å². The van der Waals surface area contributed by atoms with Crippen molar-refractivity contribution in [1.82, 2.24) is 4.90 Å². The second kappa shape index (κ2) is 6.40. The van der Waals surface area contributed by atoms with Crippen molar-refractivity contribution < 1.29 is 9.53 Å². The van der Waals surface area contributed by atoms with E-state index in [0.29, 0.717) is 24.4 Å². The molecule has 1 aliphatic heterocycles. The number of ether oxygens (including phenoxy) is 1. The van der Waals surface area contributed by atoms with Gasteiger partial charge >= 0.3 is 0 Å². The van der Waals surface area contributed by atoms with Crippen LogP contribution in [-0.2, 0) is 6.54 Å². The van der Waals surface area contributed by atoms with Gasteiger partial charge in [0.1, 0.15) is 5.75 Å². The number of benzene rings is 2. The minimum atomic E-state index is 0.00396. The molecule has 2 aromatic rings. The van der Waals surface area contributed by atoms with E-state index in [9.17, 15) is 4.79 Å². The number of para-hydroxylation sites is 1. The van der Waals surface area contributed by atoms with Crippen molar-refractivity contribution in [3.05, 3.63) is 58.1 Å². The van der Waals surface area contributed by atoms with E-state index in [4.69, 9.17) is 4.74 Å². The molecule has 3 rings (SSSR count). The Morgan fingerprint density at radius 2 is 2.09 bits per heavy atom. The van der Waals surface area contributed by atoms with Gasteiger partial charge in [0, 0.05) is 29.8 Å². The molecule has 0 aromatic heterocycles. The molecule has 0 fully saturated rings. The first-order valence-corrected chi connectivity index (χ1v) is 7.93. The lowest BCUT2D eigenvalue weighted by Gasteiger charge is -2.21. The Morgan fingerprint density at radius 3 is 2.91 bits per heavy atom. The maximum atomic E-state index is 12.9. The molecular formula is C17H17BrN2O2. The average Bonchev–Trinajstić information content (AvgIpc) is 2.77. The summed E-state index contributed by atoms with van der Waals surface area (Å²) in [4.78, 5) is 14.7. The molecule has 1 N–H and O–H groups in total. The fourth-order valence-electron chi connectivity index (χ4n) is 2.58. The Morgan fingerprint density at radius 1 is 1.27 bits per heavy atom. The third-order valence-corrected chi connectivity index (χ3v) is 4.46. The van der Waals surface area contributed by atoms with Gasteiger partial charge in [0.05, 0.1) is 12.7 Å². The van der Waals surface area contributed by atoms with Gasteiger partial charge in [0.25, 0.3) is 5.91 Å². The van der Waals surface area contributed by atoms with E-state index < -0.39 is 0 Å². The summed E-state index contributed by atoms with van der Waals surface area (Å²) in [6, 6.07) is 13.5. The van der Waals surface area contributed by atoms with Gasteiger partial charge in [-0.2, -0.15) is 0 Å². The SMILES string of the molecule is COc1ccc(Br)c(C(=O)N2CCNc3ccccc3C2)c1. The molecule has 22 heavy (non-hydrogen) atoms. The number of fused-ring (bicyclic) bond motifs is 1. The summed E-state index contributed by atoms with van der Waals surface area (Å²) in [7, 11) is 1.60. The van der Waals surface area contributed by atoms with Crippen LogP contribution in [-0.4, -0.2) is 31.0 Å². The topological polar surface area (TPSA) is 41.6 Å². The number of halogens is 1. The third kappa shape index (κ3) is 2.95. The van der Waals surface area contributed by atoms with Crippen molar-refractivity contribution >= 4 is 27.5 Å². The number of nitrogens with one attached hydrogen (secondary N) is 1. The molecule has 0 bridgehead atoms. The second-order valence-corrected chi connectivity index (χ2v) is 6.01. The highest BCUT2D eigenvalue weighted by Crippen LogP contribution is 2.26. The van der Waals surface area contributed by atoms with Crippen LogP contribution in [0.5, 0.6) is 5.75 Å². The number of methoxy groups -OCH3 is 1. The van der Waals surface area contributed by atoms with Crippen LogP contribution in [0.25, 0.3) is 0 Å². The van der Waals surface area contributed by atoms with Crippen molar-refractivity contribution in [1.29, 1.82) is 0 Å². The molecule has 0 unspecified atom stereocenters. The van der Waals surface area contributed by atoms with Crippen molar-refractivity contribution in [2.75, 3.05) is 25.5 Å². The van der Waals surface area contributed by atoms with Crippen LogP contribution < -0.4 is 10.1 Å². The lowest BCUT2D eigenvalue weighted by molar-refractivity contribution is 0.0751. The number of carbonyl (C=O) groups is 1. The fourth-order valence-corrected chi connectivity index (χ4v) is 3.00. The Labute approximate surface area is 138 Å². The highest BCUT2D eigenvalue weighted by Gasteiger charge is 2.22. The molecule has 1 aliphatic rings. The molecule has 0 spiro atoms. The molecule has 0 radical (unpaired) electrons. The first-order valence-electron chi connectivity index (χ1n) is 7.13. The number of hydrogen-bond acceptors (Lipinski definition) is 3. The lowest BCUT2D eigenvalue weighted by atomic mass is 10.1. The van der Waals surface area contributed by atoms with E-state index in [-0.39, 0.29) is 5.91 Å². The molecule has 0 atom stereocenters. The summed E-state index contributed by atoms with van der Waals surface area (Å²) in [5.74, 6) is 0.684. The molecule has 0 saturated carbocycles. The van der Waals surface area contributed by atoms with E-state index in [1.807, 2.05) is 35.2 Å². The first kappa shape index (κ1) is 14.9. The van der Waals surface area contributed by atoms with Crippen LogP contribution in [0, 0.1) is 0 Å². The Hall–Kier alpha value is -2.01. The van der Waals surface area contributed by atoms with E-state index in [1.54, 1.807) is 13.2 Å². The predicted molar refractivity (Wildman–Crippen MR) is 90.4 cm³/mol. The summed E-state index contributed by atoms with van der Waals surface area (Å²) in [5.41, 5.74) is 2.86. The van der Waals surface area contributed by atoms with Gasteiger partial charge in [-0.15, -0.1) is 0 Å². The molecule has 1 amide bonds. The van der Waals surface area contributed by atoms with Crippen LogP contribution in [0.1, 0.15) is 15.9 Å². The van der Waals surface area contributed by atoms with Gasteiger partial charge in [-0.25, -0.2) is 0 Å².